The number of amides is 1. The van der Waals surface area contributed by atoms with Crippen molar-refractivity contribution >= 4 is 17.4 Å². The van der Waals surface area contributed by atoms with E-state index >= 15 is 0 Å². The van der Waals surface area contributed by atoms with Gasteiger partial charge in [-0.3, -0.25) is 4.79 Å². The van der Waals surface area contributed by atoms with Gasteiger partial charge in [-0.1, -0.05) is 24.8 Å². The number of anilines is 2. The van der Waals surface area contributed by atoms with Gasteiger partial charge in [0, 0.05) is 62.0 Å². The quantitative estimate of drug-likeness (QED) is 0.530. The van der Waals surface area contributed by atoms with Crippen LogP contribution in [-0.2, 0) is 24.1 Å². The van der Waals surface area contributed by atoms with E-state index in [2.05, 4.69) is 59.5 Å². The summed E-state index contributed by atoms with van der Waals surface area (Å²) in [6.07, 6.45) is 9.10. The molecule has 0 N–H and O–H groups in total. The molecule has 3 unspecified atom stereocenters. The number of likely N-dealkylation sites (N-methyl/N-ethyl adjacent to an activating group) is 1. The summed E-state index contributed by atoms with van der Waals surface area (Å²) >= 11 is 0. The molecule has 3 atom stereocenters. The van der Waals surface area contributed by atoms with Crippen molar-refractivity contribution < 1.29 is 9.53 Å². The number of ether oxygens (including phenoxy) is 1. The standard InChI is InChI=1S/C31H42N6O2/c1-4-29(38)35-17-18-36(22(2)20-35)30-26-14-13-24(37-16-7-10-23-9-5-6-12-28(23)37)19-27(26)32-31(33-30)39-21-25-11-8-15-34(25)3/h4-6,9,12,22,24-25H,1,7-8,10-11,13-21H2,2-3H3. The molecule has 3 aliphatic heterocycles. The summed E-state index contributed by atoms with van der Waals surface area (Å²) in [5.74, 6) is 1.01. The number of nitrogens with zero attached hydrogens (tertiary/aromatic N) is 6. The maximum absolute atomic E-state index is 12.3. The van der Waals surface area contributed by atoms with E-state index < -0.39 is 0 Å². The fraction of sp³-hybridized carbons (Fsp3) is 0.581. The highest BCUT2D eigenvalue weighted by Gasteiger charge is 2.34. The number of carbonyl (C=O) groups is 1. The molecule has 8 nitrogen and oxygen atoms in total. The van der Waals surface area contributed by atoms with Gasteiger partial charge in [0.2, 0.25) is 5.91 Å². The van der Waals surface area contributed by atoms with Crippen LogP contribution in [0.2, 0.25) is 0 Å². The van der Waals surface area contributed by atoms with Gasteiger partial charge in [0.05, 0.1) is 5.69 Å². The summed E-state index contributed by atoms with van der Waals surface area (Å²) < 4.78 is 6.32. The van der Waals surface area contributed by atoms with E-state index in [1.807, 2.05) is 4.90 Å². The highest BCUT2D eigenvalue weighted by atomic mass is 16.5. The topological polar surface area (TPSA) is 65.0 Å². The van der Waals surface area contributed by atoms with Crippen molar-refractivity contribution in [3.05, 3.63) is 53.7 Å². The number of fused-ring (bicyclic) bond motifs is 2. The van der Waals surface area contributed by atoms with Gasteiger partial charge in [-0.15, -0.1) is 0 Å². The lowest BCUT2D eigenvalue weighted by molar-refractivity contribution is -0.126. The normalized spacial score (nSPS) is 25.3. The lowest BCUT2D eigenvalue weighted by Gasteiger charge is -2.43. The van der Waals surface area contributed by atoms with Crippen LogP contribution >= 0.6 is 0 Å². The van der Waals surface area contributed by atoms with E-state index in [0.717, 1.165) is 63.3 Å². The Bertz CT molecular complexity index is 1220. The molecule has 208 valence electrons. The molecular weight excluding hydrogens is 488 g/mol. The molecule has 8 heteroatoms. The van der Waals surface area contributed by atoms with E-state index in [1.54, 1.807) is 0 Å². The zero-order valence-corrected chi connectivity index (χ0v) is 23.5. The zero-order chi connectivity index (χ0) is 26.9. The maximum Gasteiger partial charge on any atom is 0.318 e. The zero-order valence-electron chi connectivity index (χ0n) is 23.5. The van der Waals surface area contributed by atoms with E-state index in [1.165, 1.54) is 35.7 Å². The lowest BCUT2D eigenvalue weighted by atomic mass is 9.88. The molecule has 2 saturated heterocycles. The Balaban J connectivity index is 1.29. The molecule has 4 heterocycles. The van der Waals surface area contributed by atoms with Gasteiger partial charge in [-0.2, -0.15) is 9.97 Å². The number of benzene rings is 1. The minimum atomic E-state index is 0.000534. The van der Waals surface area contributed by atoms with Crippen LogP contribution in [0, 0.1) is 0 Å². The molecular formula is C31H42N6O2. The summed E-state index contributed by atoms with van der Waals surface area (Å²) in [4.78, 5) is 31.7. The Kier molecular flexibility index (Phi) is 7.47. The van der Waals surface area contributed by atoms with Crippen LogP contribution in [0.3, 0.4) is 0 Å². The molecule has 0 spiro atoms. The van der Waals surface area contributed by atoms with E-state index in [9.17, 15) is 4.79 Å². The second-order valence-electron chi connectivity index (χ2n) is 11.7. The third-order valence-electron chi connectivity index (χ3n) is 9.26. The molecule has 0 radical (unpaired) electrons. The number of piperazine rings is 1. The highest BCUT2D eigenvalue weighted by Crippen LogP contribution is 2.37. The molecule has 1 amide bonds. The van der Waals surface area contributed by atoms with Crippen LogP contribution in [0.4, 0.5) is 11.5 Å². The molecule has 1 aromatic heterocycles. The molecule has 2 fully saturated rings. The fourth-order valence-corrected chi connectivity index (χ4v) is 7.03. The van der Waals surface area contributed by atoms with Gasteiger partial charge in [-0.05, 0) is 76.7 Å². The summed E-state index contributed by atoms with van der Waals surface area (Å²) in [6.45, 7) is 10.8. The predicted octanol–water partition coefficient (Wildman–Crippen LogP) is 3.48. The van der Waals surface area contributed by atoms with Gasteiger partial charge >= 0.3 is 6.01 Å². The number of hydrogen-bond donors (Lipinski definition) is 0. The van der Waals surface area contributed by atoms with Crippen molar-refractivity contribution in [3.8, 4) is 6.01 Å². The summed E-state index contributed by atoms with van der Waals surface area (Å²) in [5.41, 5.74) is 5.25. The minimum Gasteiger partial charge on any atom is -0.462 e. The first-order chi connectivity index (χ1) is 19.0. The maximum atomic E-state index is 12.3. The minimum absolute atomic E-state index is 0.000534. The Morgan fingerprint density at radius 3 is 2.74 bits per heavy atom. The molecule has 0 bridgehead atoms. The largest absolute Gasteiger partial charge is 0.462 e. The molecule has 4 aliphatic rings. The monoisotopic (exact) mass is 530 g/mol. The van der Waals surface area contributed by atoms with Gasteiger partial charge in [-0.25, -0.2) is 0 Å². The molecule has 6 rings (SSSR count). The molecule has 1 aromatic carbocycles. The SMILES string of the molecule is C=CC(=O)N1CCN(c2nc(OCC3CCCN3C)nc3c2CCC(N2CCCc4ccccc42)C3)C(C)C1. The number of rotatable bonds is 6. The number of carbonyl (C=O) groups excluding carboxylic acids is 1. The average Bonchev–Trinajstić information content (AvgIpc) is 3.39. The first-order valence-corrected chi connectivity index (χ1v) is 14.8. The number of aryl methyl sites for hydroxylation is 1. The summed E-state index contributed by atoms with van der Waals surface area (Å²) in [7, 11) is 2.17. The Morgan fingerprint density at radius 2 is 1.95 bits per heavy atom. The third kappa shape index (κ3) is 5.23. The van der Waals surface area contributed by atoms with Crippen LogP contribution in [0.15, 0.2) is 36.9 Å². The lowest BCUT2D eigenvalue weighted by Crippen LogP contribution is -2.54. The second kappa shape index (κ2) is 11.2. The van der Waals surface area contributed by atoms with Crippen molar-refractivity contribution in [1.29, 1.82) is 0 Å². The highest BCUT2D eigenvalue weighted by molar-refractivity contribution is 5.87. The van der Waals surface area contributed by atoms with Gasteiger partial charge in [0.15, 0.2) is 0 Å². The predicted molar refractivity (Wildman–Crippen MR) is 155 cm³/mol. The van der Waals surface area contributed by atoms with Gasteiger partial charge in [0.1, 0.15) is 12.4 Å². The summed E-state index contributed by atoms with van der Waals surface area (Å²) in [5, 5.41) is 0. The average molecular weight is 531 g/mol. The molecule has 1 aliphatic carbocycles. The third-order valence-corrected chi connectivity index (χ3v) is 9.26. The van der Waals surface area contributed by atoms with Crippen LogP contribution in [-0.4, -0.2) is 90.2 Å². The van der Waals surface area contributed by atoms with E-state index in [0.29, 0.717) is 37.8 Å². The van der Waals surface area contributed by atoms with Crippen LogP contribution in [0.5, 0.6) is 6.01 Å². The van der Waals surface area contributed by atoms with Crippen molar-refractivity contribution in [1.82, 2.24) is 19.8 Å². The smallest absolute Gasteiger partial charge is 0.318 e. The van der Waals surface area contributed by atoms with E-state index in [-0.39, 0.29) is 11.9 Å². The number of likely N-dealkylation sites (tertiary alicyclic amines) is 1. The fourth-order valence-electron chi connectivity index (χ4n) is 7.03. The molecule has 0 saturated carbocycles. The van der Waals surface area contributed by atoms with E-state index in [4.69, 9.17) is 14.7 Å². The van der Waals surface area contributed by atoms with Gasteiger partial charge in [0.25, 0.3) is 0 Å². The van der Waals surface area contributed by atoms with Crippen molar-refractivity contribution in [2.75, 3.05) is 56.2 Å². The molecule has 2 aromatic rings. The Hall–Kier alpha value is -3.13. The Labute approximate surface area is 232 Å². The number of aromatic nitrogens is 2. The molecule has 39 heavy (non-hydrogen) atoms. The first-order valence-electron chi connectivity index (χ1n) is 14.8. The van der Waals surface area contributed by atoms with Crippen molar-refractivity contribution in [2.45, 2.75) is 70.0 Å². The van der Waals surface area contributed by atoms with Crippen LogP contribution in [0.25, 0.3) is 0 Å². The van der Waals surface area contributed by atoms with Crippen LogP contribution < -0.4 is 14.5 Å². The van der Waals surface area contributed by atoms with Crippen molar-refractivity contribution in [2.24, 2.45) is 0 Å². The summed E-state index contributed by atoms with van der Waals surface area (Å²) in [6, 6.07) is 10.4. The number of hydrogen-bond acceptors (Lipinski definition) is 7. The Morgan fingerprint density at radius 1 is 1.08 bits per heavy atom. The number of para-hydroxylation sites is 1. The van der Waals surface area contributed by atoms with Crippen molar-refractivity contribution in [3.63, 3.8) is 0 Å². The second-order valence-corrected chi connectivity index (χ2v) is 11.7. The van der Waals surface area contributed by atoms with Crippen LogP contribution in [0.1, 0.15) is 49.4 Å². The van der Waals surface area contributed by atoms with Gasteiger partial charge < -0.3 is 24.3 Å². The first kappa shape index (κ1) is 26.1.